The van der Waals surface area contributed by atoms with Crippen molar-refractivity contribution in [3.63, 3.8) is 0 Å². The SMILES string of the molecule is CC1CC(C)CN(c2ccc(F)cc2CO)C1. The smallest absolute Gasteiger partial charge is 0.123 e. The monoisotopic (exact) mass is 237 g/mol. The van der Waals surface area contributed by atoms with E-state index in [9.17, 15) is 9.50 Å². The number of hydrogen-bond acceptors (Lipinski definition) is 2. The molecule has 0 saturated carbocycles. The van der Waals surface area contributed by atoms with E-state index < -0.39 is 0 Å². The molecule has 0 amide bonds. The van der Waals surface area contributed by atoms with E-state index in [1.165, 1.54) is 18.6 Å². The molecule has 94 valence electrons. The third-order valence-corrected chi connectivity index (χ3v) is 3.42. The van der Waals surface area contributed by atoms with Crippen LogP contribution < -0.4 is 4.90 Å². The molecule has 0 bridgehead atoms. The summed E-state index contributed by atoms with van der Waals surface area (Å²) in [6, 6.07) is 4.68. The molecule has 17 heavy (non-hydrogen) atoms. The van der Waals surface area contributed by atoms with Crippen molar-refractivity contribution in [1.29, 1.82) is 0 Å². The fraction of sp³-hybridized carbons (Fsp3) is 0.571. The lowest BCUT2D eigenvalue weighted by Gasteiger charge is -2.37. The predicted octanol–water partition coefficient (Wildman–Crippen LogP) is 2.80. The molecule has 0 radical (unpaired) electrons. The number of aliphatic hydroxyl groups excluding tert-OH is 1. The van der Waals surface area contributed by atoms with E-state index in [-0.39, 0.29) is 12.4 Å². The van der Waals surface area contributed by atoms with Gasteiger partial charge in [-0.25, -0.2) is 4.39 Å². The van der Waals surface area contributed by atoms with E-state index in [1.807, 2.05) is 0 Å². The second kappa shape index (κ2) is 5.05. The standard InChI is InChI=1S/C14H20FNO/c1-10-5-11(2)8-16(7-10)14-4-3-13(15)6-12(14)9-17/h3-4,6,10-11,17H,5,7-9H2,1-2H3. The fourth-order valence-corrected chi connectivity index (χ4v) is 2.85. The van der Waals surface area contributed by atoms with Crippen LogP contribution in [0.1, 0.15) is 25.8 Å². The first kappa shape index (κ1) is 12.4. The number of benzene rings is 1. The second-order valence-electron chi connectivity index (χ2n) is 5.28. The molecule has 2 rings (SSSR count). The minimum absolute atomic E-state index is 0.105. The Morgan fingerprint density at radius 2 is 1.94 bits per heavy atom. The highest BCUT2D eigenvalue weighted by Gasteiger charge is 2.23. The summed E-state index contributed by atoms with van der Waals surface area (Å²) < 4.78 is 13.1. The van der Waals surface area contributed by atoms with Gasteiger partial charge in [-0.05, 0) is 36.5 Å². The van der Waals surface area contributed by atoms with Crippen LogP contribution in [0.5, 0.6) is 0 Å². The molecule has 0 aromatic heterocycles. The molecule has 1 N–H and O–H groups in total. The fourth-order valence-electron chi connectivity index (χ4n) is 2.85. The summed E-state index contributed by atoms with van der Waals surface area (Å²) in [5.41, 5.74) is 1.67. The van der Waals surface area contributed by atoms with E-state index in [1.54, 1.807) is 6.07 Å². The molecule has 1 heterocycles. The lowest BCUT2D eigenvalue weighted by atomic mass is 9.91. The highest BCUT2D eigenvalue weighted by Crippen LogP contribution is 2.29. The molecule has 2 unspecified atom stereocenters. The van der Waals surface area contributed by atoms with Crippen molar-refractivity contribution in [2.75, 3.05) is 18.0 Å². The molecule has 1 aliphatic rings. The molecule has 3 heteroatoms. The van der Waals surface area contributed by atoms with Gasteiger partial charge in [0.25, 0.3) is 0 Å². The van der Waals surface area contributed by atoms with Crippen molar-refractivity contribution in [2.45, 2.75) is 26.9 Å². The average molecular weight is 237 g/mol. The Morgan fingerprint density at radius 3 is 2.53 bits per heavy atom. The summed E-state index contributed by atoms with van der Waals surface area (Å²) >= 11 is 0. The largest absolute Gasteiger partial charge is 0.392 e. The van der Waals surface area contributed by atoms with Gasteiger partial charge in [-0.15, -0.1) is 0 Å². The number of anilines is 1. The maximum Gasteiger partial charge on any atom is 0.123 e. The number of hydrogen-bond donors (Lipinski definition) is 1. The first-order valence-corrected chi connectivity index (χ1v) is 6.24. The first-order chi connectivity index (χ1) is 8.10. The summed E-state index contributed by atoms with van der Waals surface area (Å²) in [5.74, 6) is 1.02. The molecule has 2 atom stereocenters. The van der Waals surface area contributed by atoms with Crippen LogP contribution in [0.3, 0.4) is 0 Å². The lowest BCUT2D eigenvalue weighted by Crippen LogP contribution is -2.39. The van der Waals surface area contributed by atoms with Gasteiger partial charge in [0, 0.05) is 24.3 Å². The molecule has 0 spiro atoms. The van der Waals surface area contributed by atoms with E-state index in [4.69, 9.17) is 0 Å². The number of aliphatic hydroxyl groups is 1. The van der Waals surface area contributed by atoms with Crippen LogP contribution >= 0.6 is 0 Å². The van der Waals surface area contributed by atoms with Crippen LogP contribution in [0.25, 0.3) is 0 Å². The summed E-state index contributed by atoms with van der Waals surface area (Å²) in [7, 11) is 0. The zero-order valence-electron chi connectivity index (χ0n) is 10.5. The molecule has 0 aliphatic carbocycles. The van der Waals surface area contributed by atoms with E-state index in [0.717, 1.165) is 18.8 Å². The Bertz CT molecular complexity index is 384. The summed E-state index contributed by atoms with van der Waals surface area (Å²) in [6.07, 6.45) is 1.24. The van der Waals surface area contributed by atoms with Crippen molar-refractivity contribution < 1.29 is 9.50 Å². The van der Waals surface area contributed by atoms with Crippen LogP contribution in [0.2, 0.25) is 0 Å². The highest BCUT2D eigenvalue weighted by atomic mass is 19.1. The van der Waals surface area contributed by atoms with Gasteiger partial charge < -0.3 is 10.0 Å². The van der Waals surface area contributed by atoms with E-state index >= 15 is 0 Å². The predicted molar refractivity (Wildman–Crippen MR) is 67.5 cm³/mol. The zero-order chi connectivity index (χ0) is 12.4. The Labute approximate surface area is 102 Å². The van der Waals surface area contributed by atoms with Crippen LogP contribution in [0, 0.1) is 17.7 Å². The quantitative estimate of drug-likeness (QED) is 0.855. The van der Waals surface area contributed by atoms with Crippen molar-refractivity contribution >= 4 is 5.69 Å². The van der Waals surface area contributed by atoms with Crippen LogP contribution in [0.15, 0.2) is 18.2 Å². The van der Waals surface area contributed by atoms with Crippen molar-refractivity contribution in [2.24, 2.45) is 11.8 Å². The molecule has 1 aromatic rings. The third-order valence-electron chi connectivity index (χ3n) is 3.42. The zero-order valence-corrected chi connectivity index (χ0v) is 10.5. The summed E-state index contributed by atoms with van der Waals surface area (Å²) in [5, 5.41) is 9.31. The van der Waals surface area contributed by atoms with Crippen LogP contribution in [-0.4, -0.2) is 18.2 Å². The number of piperidine rings is 1. The minimum Gasteiger partial charge on any atom is -0.392 e. The Morgan fingerprint density at radius 1 is 1.29 bits per heavy atom. The number of nitrogens with zero attached hydrogens (tertiary/aromatic N) is 1. The summed E-state index contributed by atoms with van der Waals surface area (Å²) in [6.45, 7) is 6.36. The molecule has 1 aliphatic heterocycles. The number of halogens is 1. The minimum atomic E-state index is -0.282. The number of rotatable bonds is 2. The normalized spacial score (nSPS) is 25.1. The van der Waals surface area contributed by atoms with Crippen molar-refractivity contribution in [3.05, 3.63) is 29.6 Å². The van der Waals surface area contributed by atoms with Gasteiger partial charge in [0.15, 0.2) is 0 Å². The Kier molecular flexibility index (Phi) is 3.67. The van der Waals surface area contributed by atoms with Crippen LogP contribution in [0.4, 0.5) is 10.1 Å². The van der Waals surface area contributed by atoms with E-state index in [2.05, 4.69) is 18.7 Å². The average Bonchev–Trinajstić information content (AvgIpc) is 2.27. The van der Waals surface area contributed by atoms with Gasteiger partial charge in [-0.3, -0.25) is 0 Å². The van der Waals surface area contributed by atoms with E-state index in [0.29, 0.717) is 17.4 Å². The van der Waals surface area contributed by atoms with Gasteiger partial charge in [0.2, 0.25) is 0 Å². The Hall–Kier alpha value is -1.09. The second-order valence-corrected chi connectivity index (χ2v) is 5.28. The lowest BCUT2D eigenvalue weighted by molar-refractivity contribution is 0.280. The maximum atomic E-state index is 13.1. The third kappa shape index (κ3) is 2.78. The molecular formula is C14H20FNO. The summed E-state index contributed by atoms with van der Waals surface area (Å²) in [4.78, 5) is 2.27. The molecule has 2 nitrogen and oxygen atoms in total. The van der Waals surface area contributed by atoms with Gasteiger partial charge in [0.05, 0.1) is 6.61 Å². The topological polar surface area (TPSA) is 23.5 Å². The van der Waals surface area contributed by atoms with Gasteiger partial charge in [-0.2, -0.15) is 0 Å². The van der Waals surface area contributed by atoms with Crippen molar-refractivity contribution in [1.82, 2.24) is 0 Å². The molecule has 1 aromatic carbocycles. The molecule has 1 fully saturated rings. The van der Waals surface area contributed by atoms with Gasteiger partial charge in [-0.1, -0.05) is 13.8 Å². The van der Waals surface area contributed by atoms with Crippen molar-refractivity contribution in [3.8, 4) is 0 Å². The maximum absolute atomic E-state index is 13.1. The van der Waals surface area contributed by atoms with Gasteiger partial charge >= 0.3 is 0 Å². The Balaban J connectivity index is 2.26. The first-order valence-electron chi connectivity index (χ1n) is 6.24. The van der Waals surface area contributed by atoms with Crippen LogP contribution in [-0.2, 0) is 6.61 Å². The van der Waals surface area contributed by atoms with Gasteiger partial charge in [0.1, 0.15) is 5.82 Å². The highest BCUT2D eigenvalue weighted by molar-refractivity contribution is 5.54. The molecule has 1 saturated heterocycles. The molecular weight excluding hydrogens is 217 g/mol.